The molecule has 0 bridgehead atoms. The van der Waals surface area contributed by atoms with Gasteiger partial charge in [-0.1, -0.05) is 30.3 Å². The molecule has 0 fully saturated rings. The third kappa shape index (κ3) is 3.62. The zero-order chi connectivity index (χ0) is 10.2. The molecule has 2 heteroatoms. The van der Waals surface area contributed by atoms with Gasteiger partial charge < -0.3 is 10.1 Å². The normalized spacial score (nSPS) is 11.4. The first-order chi connectivity index (χ1) is 6.86. The number of ether oxygens (including phenoxy) is 1. The SMILES string of the molecule is CC=C(CNCc1ccccc1)OC. The molecule has 0 aliphatic carbocycles. The Balaban J connectivity index is 2.29. The first-order valence-corrected chi connectivity index (χ1v) is 4.80. The monoisotopic (exact) mass is 191 g/mol. The van der Waals surface area contributed by atoms with Gasteiger partial charge in [-0.25, -0.2) is 0 Å². The van der Waals surface area contributed by atoms with E-state index < -0.39 is 0 Å². The van der Waals surface area contributed by atoms with Gasteiger partial charge >= 0.3 is 0 Å². The zero-order valence-electron chi connectivity index (χ0n) is 8.79. The number of allylic oxidation sites excluding steroid dienone is 1. The van der Waals surface area contributed by atoms with Crippen LogP contribution in [-0.2, 0) is 11.3 Å². The summed E-state index contributed by atoms with van der Waals surface area (Å²) in [4.78, 5) is 0. The van der Waals surface area contributed by atoms with Crippen molar-refractivity contribution in [1.29, 1.82) is 0 Å². The van der Waals surface area contributed by atoms with E-state index in [9.17, 15) is 0 Å². The maximum absolute atomic E-state index is 5.14. The molecule has 0 amide bonds. The standard InChI is InChI=1S/C12H17NO/c1-3-12(14-2)10-13-9-11-7-5-4-6-8-11/h3-8,13H,9-10H2,1-2H3. The van der Waals surface area contributed by atoms with E-state index in [1.807, 2.05) is 31.2 Å². The van der Waals surface area contributed by atoms with E-state index in [-0.39, 0.29) is 0 Å². The van der Waals surface area contributed by atoms with Gasteiger partial charge in [-0.3, -0.25) is 0 Å². The first kappa shape index (κ1) is 10.8. The largest absolute Gasteiger partial charge is 0.500 e. The molecule has 76 valence electrons. The van der Waals surface area contributed by atoms with Crippen molar-refractivity contribution in [3.63, 3.8) is 0 Å². The molecule has 1 aromatic carbocycles. The van der Waals surface area contributed by atoms with E-state index in [0.29, 0.717) is 0 Å². The van der Waals surface area contributed by atoms with Crippen LogP contribution in [0.2, 0.25) is 0 Å². The van der Waals surface area contributed by atoms with Crippen LogP contribution < -0.4 is 5.32 Å². The van der Waals surface area contributed by atoms with E-state index in [0.717, 1.165) is 18.8 Å². The lowest BCUT2D eigenvalue weighted by atomic mass is 10.2. The minimum absolute atomic E-state index is 0.780. The third-order valence-corrected chi connectivity index (χ3v) is 2.06. The van der Waals surface area contributed by atoms with Crippen molar-refractivity contribution in [3.8, 4) is 0 Å². The molecular formula is C12H17NO. The smallest absolute Gasteiger partial charge is 0.105 e. The van der Waals surface area contributed by atoms with E-state index in [2.05, 4.69) is 17.4 Å². The Morgan fingerprint density at radius 3 is 2.64 bits per heavy atom. The summed E-state index contributed by atoms with van der Waals surface area (Å²) in [5.74, 6) is 0.973. The van der Waals surface area contributed by atoms with Crippen LogP contribution in [-0.4, -0.2) is 13.7 Å². The van der Waals surface area contributed by atoms with Gasteiger partial charge in [-0.2, -0.15) is 0 Å². The minimum atomic E-state index is 0.780. The highest BCUT2D eigenvalue weighted by Crippen LogP contribution is 1.98. The fourth-order valence-corrected chi connectivity index (χ4v) is 1.22. The van der Waals surface area contributed by atoms with Gasteiger partial charge in [0, 0.05) is 6.54 Å². The molecule has 1 N–H and O–H groups in total. The Hall–Kier alpha value is -1.28. The maximum Gasteiger partial charge on any atom is 0.105 e. The topological polar surface area (TPSA) is 21.3 Å². The van der Waals surface area contributed by atoms with Crippen LogP contribution in [0.25, 0.3) is 0 Å². The van der Waals surface area contributed by atoms with Gasteiger partial charge in [0.05, 0.1) is 13.7 Å². The summed E-state index contributed by atoms with van der Waals surface area (Å²) in [6.07, 6.45) is 1.97. The maximum atomic E-state index is 5.14. The molecule has 0 radical (unpaired) electrons. The molecule has 0 saturated carbocycles. The Kier molecular flexibility index (Phi) is 4.79. The summed E-state index contributed by atoms with van der Waals surface area (Å²) < 4.78 is 5.14. The highest BCUT2D eigenvalue weighted by atomic mass is 16.5. The van der Waals surface area contributed by atoms with Crippen molar-refractivity contribution >= 4 is 0 Å². The second-order valence-electron chi connectivity index (χ2n) is 3.05. The average Bonchev–Trinajstić information content (AvgIpc) is 2.26. The molecule has 0 atom stereocenters. The second kappa shape index (κ2) is 6.22. The van der Waals surface area contributed by atoms with Crippen molar-refractivity contribution in [1.82, 2.24) is 5.32 Å². The molecule has 14 heavy (non-hydrogen) atoms. The Bertz CT molecular complexity index is 280. The van der Waals surface area contributed by atoms with Crippen molar-refractivity contribution in [3.05, 3.63) is 47.7 Å². The molecule has 0 unspecified atom stereocenters. The highest BCUT2D eigenvalue weighted by Gasteiger charge is 1.94. The van der Waals surface area contributed by atoms with Gasteiger partial charge in [-0.15, -0.1) is 0 Å². The van der Waals surface area contributed by atoms with Crippen LogP contribution in [0.3, 0.4) is 0 Å². The van der Waals surface area contributed by atoms with Crippen molar-refractivity contribution in [2.24, 2.45) is 0 Å². The summed E-state index contributed by atoms with van der Waals surface area (Å²) >= 11 is 0. The summed E-state index contributed by atoms with van der Waals surface area (Å²) in [7, 11) is 1.69. The molecule has 1 rings (SSSR count). The number of nitrogens with one attached hydrogen (secondary N) is 1. The third-order valence-electron chi connectivity index (χ3n) is 2.06. The predicted molar refractivity (Wildman–Crippen MR) is 58.9 cm³/mol. The average molecular weight is 191 g/mol. The Morgan fingerprint density at radius 1 is 1.36 bits per heavy atom. The number of hydrogen-bond donors (Lipinski definition) is 1. The number of benzene rings is 1. The fraction of sp³-hybridized carbons (Fsp3) is 0.333. The summed E-state index contributed by atoms with van der Waals surface area (Å²) in [6, 6.07) is 10.3. The second-order valence-corrected chi connectivity index (χ2v) is 3.05. The van der Waals surface area contributed by atoms with Crippen LogP contribution in [0.1, 0.15) is 12.5 Å². The lowest BCUT2D eigenvalue weighted by molar-refractivity contribution is 0.278. The van der Waals surface area contributed by atoms with Gasteiger partial charge in [0.2, 0.25) is 0 Å². The van der Waals surface area contributed by atoms with Gasteiger partial charge in [-0.05, 0) is 18.6 Å². The van der Waals surface area contributed by atoms with Crippen LogP contribution in [0, 0.1) is 0 Å². The zero-order valence-corrected chi connectivity index (χ0v) is 8.79. The van der Waals surface area contributed by atoms with Crippen molar-refractivity contribution in [2.45, 2.75) is 13.5 Å². The molecule has 0 aliphatic heterocycles. The van der Waals surface area contributed by atoms with Crippen LogP contribution in [0.4, 0.5) is 0 Å². The van der Waals surface area contributed by atoms with Crippen LogP contribution >= 0.6 is 0 Å². The highest BCUT2D eigenvalue weighted by molar-refractivity contribution is 5.14. The molecule has 0 aromatic heterocycles. The number of methoxy groups -OCH3 is 1. The van der Waals surface area contributed by atoms with Crippen LogP contribution in [0.15, 0.2) is 42.2 Å². The van der Waals surface area contributed by atoms with E-state index in [4.69, 9.17) is 4.74 Å². The molecule has 1 aromatic rings. The molecule has 0 aliphatic rings. The van der Waals surface area contributed by atoms with Crippen LogP contribution in [0.5, 0.6) is 0 Å². The van der Waals surface area contributed by atoms with E-state index >= 15 is 0 Å². The van der Waals surface area contributed by atoms with Crippen molar-refractivity contribution in [2.75, 3.05) is 13.7 Å². The van der Waals surface area contributed by atoms with Gasteiger partial charge in [0.25, 0.3) is 0 Å². The Morgan fingerprint density at radius 2 is 2.07 bits per heavy atom. The summed E-state index contributed by atoms with van der Waals surface area (Å²) in [6.45, 7) is 3.63. The first-order valence-electron chi connectivity index (χ1n) is 4.80. The van der Waals surface area contributed by atoms with Crippen molar-refractivity contribution < 1.29 is 4.74 Å². The minimum Gasteiger partial charge on any atom is -0.500 e. The molecule has 0 spiro atoms. The Labute approximate surface area is 85.6 Å². The predicted octanol–water partition coefficient (Wildman–Crippen LogP) is 2.33. The van der Waals surface area contributed by atoms with Gasteiger partial charge in [0.1, 0.15) is 5.76 Å². The fourth-order valence-electron chi connectivity index (χ4n) is 1.22. The van der Waals surface area contributed by atoms with Gasteiger partial charge in [0.15, 0.2) is 0 Å². The molecule has 0 saturated heterocycles. The molecule has 2 nitrogen and oxygen atoms in total. The molecular weight excluding hydrogens is 174 g/mol. The summed E-state index contributed by atoms with van der Waals surface area (Å²) in [5.41, 5.74) is 1.29. The molecule has 0 heterocycles. The summed E-state index contributed by atoms with van der Waals surface area (Å²) in [5, 5.41) is 3.31. The lowest BCUT2D eigenvalue weighted by Gasteiger charge is -2.07. The number of rotatable bonds is 5. The number of hydrogen-bond acceptors (Lipinski definition) is 2. The van der Waals surface area contributed by atoms with E-state index in [1.54, 1.807) is 7.11 Å². The van der Waals surface area contributed by atoms with E-state index in [1.165, 1.54) is 5.56 Å². The lowest BCUT2D eigenvalue weighted by Crippen LogP contribution is -2.17. The quantitative estimate of drug-likeness (QED) is 0.721.